The van der Waals surface area contributed by atoms with Gasteiger partial charge in [0.2, 0.25) is 0 Å². The van der Waals surface area contributed by atoms with Crippen LogP contribution in [0.25, 0.3) is 0 Å². The number of halogens is 1. The highest BCUT2D eigenvalue weighted by Crippen LogP contribution is 2.48. The number of ether oxygens (including phenoxy) is 1. The molecule has 1 N–H and O–H groups in total. The monoisotopic (exact) mass is 553 g/mol. The first-order valence-corrected chi connectivity index (χ1v) is 14.3. The van der Waals surface area contributed by atoms with E-state index in [1.54, 1.807) is 18.2 Å². The van der Waals surface area contributed by atoms with Crippen molar-refractivity contribution in [3.05, 3.63) is 87.7 Å². The molecule has 0 fully saturated rings. The number of methoxy groups -OCH3 is 1. The number of allylic oxidation sites excluding steroid dienone is 5. The van der Waals surface area contributed by atoms with E-state index in [9.17, 15) is 18.0 Å². The summed E-state index contributed by atoms with van der Waals surface area (Å²) in [6.45, 7) is 3.82. The molecule has 0 radical (unpaired) electrons. The fourth-order valence-electron chi connectivity index (χ4n) is 5.48. The third-order valence-electron chi connectivity index (χ3n) is 7.16. The van der Waals surface area contributed by atoms with Gasteiger partial charge in [-0.05, 0) is 68.0 Å². The second-order valence-corrected chi connectivity index (χ2v) is 11.6. The zero-order chi connectivity index (χ0) is 27.0. The largest absolute Gasteiger partial charge is 0.493 e. The Morgan fingerprint density at radius 2 is 1.61 bits per heavy atom. The van der Waals surface area contributed by atoms with Crippen LogP contribution in [0.15, 0.2) is 76.5 Å². The van der Waals surface area contributed by atoms with Crippen LogP contribution in [-0.2, 0) is 26.1 Å². The van der Waals surface area contributed by atoms with E-state index in [0.717, 1.165) is 37.1 Å². The van der Waals surface area contributed by atoms with Crippen molar-refractivity contribution in [1.82, 2.24) is 5.32 Å². The van der Waals surface area contributed by atoms with Crippen LogP contribution in [0.2, 0.25) is 5.02 Å². The normalized spacial score (nSPS) is 18.1. The van der Waals surface area contributed by atoms with E-state index >= 15 is 0 Å². The third kappa shape index (κ3) is 4.78. The van der Waals surface area contributed by atoms with E-state index in [0.29, 0.717) is 40.1 Å². The van der Waals surface area contributed by atoms with Crippen LogP contribution in [-0.4, -0.2) is 27.1 Å². The first-order valence-electron chi connectivity index (χ1n) is 12.5. The molecule has 0 saturated carbocycles. The molecule has 2 aliphatic carbocycles. The van der Waals surface area contributed by atoms with E-state index < -0.39 is 16.0 Å². The highest BCUT2D eigenvalue weighted by atomic mass is 35.5. The molecule has 0 bridgehead atoms. The van der Waals surface area contributed by atoms with Gasteiger partial charge in [-0.3, -0.25) is 9.59 Å². The van der Waals surface area contributed by atoms with E-state index in [2.05, 4.69) is 11.9 Å². The van der Waals surface area contributed by atoms with Gasteiger partial charge in [-0.25, -0.2) is 0 Å². The summed E-state index contributed by atoms with van der Waals surface area (Å²) in [7, 11) is -2.78. The second kappa shape index (κ2) is 10.4. The summed E-state index contributed by atoms with van der Waals surface area (Å²) in [5, 5.41) is 3.81. The average Bonchev–Trinajstić information content (AvgIpc) is 2.89. The maximum atomic E-state index is 13.2. The van der Waals surface area contributed by atoms with Crippen molar-refractivity contribution in [2.75, 3.05) is 7.11 Å². The number of carbonyl (C=O) groups is 2. The van der Waals surface area contributed by atoms with Gasteiger partial charge in [0.15, 0.2) is 23.1 Å². The Balaban J connectivity index is 1.66. The number of carbonyl (C=O) groups excluding carboxylic acids is 2. The number of Topliss-reactive ketones (excluding diaryl/α,β-unsaturated/α-hetero) is 2. The summed E-state index contributed by atoms with van der Waals surface area (Å²) in [5.74, 6) is -0.298. The first kappa shape index (κ1) is 26.3. The topological polar surface area (TPSA) is 98.8 Å². The van der Waals surface area contributed by atoms with Crippen LogP contribution in [0.1, 0.15) is 55.6 Å². The van der Waals surface area contributed by atoms with Crippen LogP contribution in [0, 0.1) is 0 Å². The van der Waals surface area contributed by atoms with E-state index in [4.69, 9.17) is 20.5 Å². The molecular weight excluding hydrogens is 526 g/mol. The van der Waals surface area contributed by atoms with E-state index in [1.807, 2.05) is 0 Å². The number of ketones is 2. The quantitative estimate of drug-likeness (QED) is 0.355. The molecule has 0 amide bonds. The van der Waals surface area contributed by atoms with Crippen molar-refractivity contribution in [2.45, 2.75) is 55.8 Å². The van der Waals surface area contributed by atoms with Crippen LogP contribution in [0.3, 0.4) is 0 Å². The summed E-state index contributed by atoms with van der Waals surface area (Å²) in [5.41, 5.74) is 4.16. The number of rotatable bonds is 7. The van der Waals surface area contributed by atoms with Crippen LogP contribution in [0.4, 0.5) is 0 Å². The lowest BCUT2D eigenvalue weighted by molar-refractivity contribution is -0.117. The first-order chi connectivity index (χ1) is 18.2. The maximum absolute atomic E-state index is 13.2. The molecule has 38 heavy (non-hydrogen) atoms. The Labute approximate surface area is 227 Å². The smallest absolute Gasteiger partial charge is 0.339 e. The third-order valence-corrected chi connectivity index (χ3v) is 8.65. The average molecular weight is 554 g/mol. The summed E-state index contributed by atoms with van der Waals surface area (Å²) < 4.78 is 37.5. The van der Waals surface area contributed by atoms with Crippen LogP contribution < -0.4 is 14.2 Å². The molecule has 0 spiro atoms. The molecule has 0 unspecified atom stereocenters. The highest BCUT2D eigenvalue weighted by molar-refractivity contribution is 7.87. The molecular formula is C29H28ClNO6S. The van der Waals surface area contributed by atoms with Gasteiger partial charge in [-0.15, -0.1) is 6.58 Å². The maximum Gasteiger partial charge on any atom is 0.339 e. The summed E-state index contributed by atoms with van der Waals surface area (Å²) in [6.07, 6.45) is 5.74. The van der Waals surface area contributed by atoms with E-state index in [-0.39, 0.29) is 34.4 Å². The molecule has 198 valence electrons. The zero-order valence-corrected chi connectivity index (χ0v) is 22.6. The van der Waals surface area contributed by atoms with Gasteiger partial charge in [-0.1, -0.05) is 23.7 Å². The minimum absolute atomic E-state index is 0.0172. The van der Waals surface area contributed by atoms with Gasteiger partial charge in [0.1, 0.15) is 4.90 Å². The fourth-order valence-corrected chi connectivity index (χ4v) is 6.58. The number of nitrogens with one attached hydrogen (secondary N) is 1. The molecule has 9 heteroatoms. The molecule has 2 aromatic rings. The molecule has 1 heterocycles. The molecule has 2 aromatic carbocycles. The molecule has 3 aliphatic rings. The summed E-state index contributed by atoms with van der Waals surface area (Å²) in [6, 6.07) is 9.15. The second-order valence-electron chi connectivity index (χ2n) is 9.59. The van der Waals surface area contributed by atoms with Crippen molar-refractivity contribution in [2.24, 2.45) is 0 Å². The Morgan fingerprint density at radius 1 is 1.00 bits per heavy atom. The minimum Gasteiger partial charge on any atom is -0.493 e. The number of hydrogen-bond acceptors (Lipinski definition) is 7. The predicted molar refractivity (Wildman–Crippen MR) is 144 cm³/mol. The molecule has 0 saturated heterocycles. The summed E-state index contributed by atoms with van der Waals surface area (Å²) in [4.78, 5) is 26.3. The molecule has 1 aliphatic heterocycles. The van der Waals surface area contributed by atoms with Crippen molar-refractivity contribution in [1.29, 1.82) is 0 Å². The van der Waals surface area contributed by atoms with Gasteiger partial charge in [0, 0.05) is 51.9 Å². The van der Waals surface area contributed by atoms with Gasteiger partial charge >= 0.3 is 10.1 Å². The molecule has 0 atom stereocenters. The fraction of sp³-hybridized carbons (Fsp3) is 0.310. The number of hydrogen-bond donors (Lipinski definition) is 1. The van der Waals surface area contributed by atoms with Crippen molar-refractivity contribution >= 4 is 33.3 Å². The SMILES string of the molecule is C=CCc1cc(C2C3=C(CCCC3=O)NC3=C2C(=O)CCC3)cc(OC)c1OS(=O)(=O)c1ccc(Cl)cc1. The lowest BCUT2D eigenvalue weighted by Crippen LogP contribution is -2.36. The van der Waals surface area contributed by atoms with E-state index in [1.165, 1.54) is 31.4 Å². The van der Waals surface area contributed by atoms with Crippen LogP contribution >= 0.6 is 11.6 Å². The summed E-state index contributed by atoms with van der Waals surface area (Å²) >= 11 is 5.92. The van der Waals surface area contributed by atoms with Gasteiger partial charge < -0.3 is 14.2 Å². The number of dihydropyridines is 1. The standard InChI is InChI=1S/C29H28ClNO6S/c1-3-6-17-15-18(16-25(36-2)29(17)37-38(34,35)20-13-11-19(30)12-14-20)26-27-21(7-4-9-23(27)32)31-22-8-5-10-24(33)28(22)26/h3,11-16,26,31H,1,4-10H2,2H3. The Bertz CT molecular complexity index is 1460. The van der Waals surface area contributed by atoms with Crippen molar-refractivity contribution in [3.63, 3.8) is 0 Å². The Morgan fingerprint density at radius 3 is 2.16 bits per heavy atom. The lowest BCUT2D eigenvalue weighted by atomic mass is 9.71. The van der Waals surface area contributed by atoms with Gasteiger partial charge in [0.25, 0.3) is 0 Å². The van der Waals surface area contributed by atoms with Gasteiger partial charge in [-0.2, -0.15) is 8.42 Å². The molecule has 5 rings (SSSR count). The zero-order valence-electron chi connectivity index (χ0n) is 21.0. The molecule has 7 nitrogen and oxygen atoms in total. The van der Waals surface area contributed by atoms with Crippen LogP contribution in [0.5, 0.6) is 11.5 Å². The molecule has 0 aromatic heterocycles. The Hall–Kier alpha value is -3.36. The number of benzene rings is 2. The minimum atomic E-state index is -4.21. The van der Waals surface area contributed by atoms with Crippen molar-refractivity contribution < 1.29 is 26.9 Å². The highest BCUT2D eigenvalue weighted by Gasteiger charge is 2.41. The van der Waals surface area contributed by atoms with Crippen molar-refractivity contribution in [3.8, 4) is 11.5 Å². The predicted octanol–water partition coefficient (Wildman–Crippen LogP) is 5.55. The Kier molecular flexibility index (Phi) is 7.20. The van der Waals surface area contributed by atoms with Gasteiger partial charge in [0.05, 0.1) is 7.11 Å². The lowest BCUT2D eigenvalue weighted by Gasteiger charge is -2.37.